The molecule has 3 nitrogen and oxygen atoms in total. The van der Waals surface area contributed by atoms with Crippen LogP contribution >= 0.6 is 0 Å². The van der Waals surface area contributed by atoms with E-state index in [1.54, 1.807) is 19.2 Å². The molecule has 0 radical (unpaired) electrons. The average molecular weight is 250 g/mol. The zero-order valence-corrected chi connectivity index (χ0v) is 11.8. The van der Waals surface area contributed by atoms with E-state index in [4.69, 9.17) is 9.47 Å². The molecule has 0 aliphatic carbocycles. The Morgan fingerprint density at radius 2 is 2.06 bits per heavy atom. The van der Waals surface area contributed by atoms with Gasteiger partial charge >= 0.3 is 0 Å². The van der Waals surface area contributed by atoms with Crippen LogP contribution in [0.1, 0.15) is 44.5 Å². The third-order valence-electron chi connectivity index (χ3n) is 3.07. The summed E-state index contributed by atoms with van der Waals surface area (Å²) < 4.78 is 10.9. The molecule has 0 saturated heterocycles. The molecule has 1 unspecified atom stereocenters. The van der Waals surface area contributed by atoms with Crippen LogP contribution in [0, 0.1) is 0 Å². The molecule has 0 heterocycles. The fraction of sp³-hybridized carbons (Fsp3) is 0.533. The van der Waals surface area contributed by atoms with Crippen molar-refractivity contribution in [1.82, 2.24) is 0 Å². The summed E-state index contributed by atoms with van der Waals surface area (Å²) in [5.74, 6) is 0.701. The summed E-state index contributed by atoms with van der Waals surface area (Å²) in [4.78, 5) is 12.4. The Hall–Kier alpha value is -1.35. The van der Waals surface area contributed by atoms with Gasteiger partial charge in [-0.25, -0.2) is 0 Å². The highest BCUT2D eigenvalue weighted by Gasteiger charge is 2.31. The van der Waals surface area contributed by atoms with E-state index in [0.29, 0.717) is 17.7 Å². The van der Waals surface area contributed by atoms with Crippen LogP contribution in [0.15, 0.2) is 24.3 Å². The van der Waals surface area contributed by atoms with Crippen LogP contribution < -0.4 is 4.74 Å². The molecule has 0 aliphatic rings. The molecule has 100 valence electrons. The van der Waals surface area contributed by atoms with Gasteiger partial charge in [-0.15, -0.1) is 0 Å². The van der Waals surface area contributed by atoms with Gasteiger partial charge in [-0.3, -0.25) is 4.79 Å². The largest absolute Gasteiger partial charge is 0.491 e. The molecule has 0 saturated carbocycles. The van der Waals surface area contributed by atoms with Crippen LogP contribution in [-0.4, -0.2) is 24.6 Å². The van der Waals surface area contributed by atoms with Gasteiger partial charge in [0.1, 0.15) is 11.4 Å². The summed E-state index contributed by atoms with van der Waals surface area (Å²) in [6, 6.07) is 7.25. The maximum Gasteiger partial charge on any atom is 0.194 e. The molecule has 0 spiro atoms. The van der Waals surface area contributed by atoms with E-state index in [0.717, 1.165) is 0 Å². The standard InChI is InChI=1S/C15H22O3/c1-6-15(4,17-5)14(16)12-8-7-9-13(10-12)18-11(2)3/h7-11H,6H2,1-5H3. The van der Waals surface area contributed by atoms with Gasteiger partial charge in [0.25, 0.3) is 0 Å². The Kier molecular flexibility index (Phi) is 4.91. The van der Waals surface area contributed by atoms with Crippen molar-refractivity contribution in [2.45, 2.75) is 45.8 Å². The minimum atomic E-state index is -0.767. The van der Waals surface area contributed by atoms with Crippen LogP contribution in [0.25, 0.3) is 0 Å². The first-order valence-electron chi connectivity index (χ1n) is 6.29. The lowest BCUT2D eigenvalue weighted by molar-refractivity contribution is 0.0106. The van der Waals surface area contributed by atoms with Gasteiger partial charge in [-0.1, -0.05) is 19.1 Å². The van der Waals surface area contributed by atoms with Crippen LogP contribution in [0.3, 0.4) is 0 Å². The molecule has 1 aromatic carbocycles. The second kappa shape index (κ2) is 6.01. The monoisotopic (exact) mass is 250 g/mol. The van der Waals surface area contributed by atoms with Crippen LogP contribution in [0.2, 0.25) is 0 Å². The van der Waals surface area contributed by atoms with Crippen molar-refractivity contribution in [2.75, 3.05) is 7.11 Å². The molecule has 0 N–H and O–H groups in total. The smallest absolute Gasteiger partial charge is 0.194 e. The van der Waals surface area contributed by atoms with Crippen molar-refractivity contribution in [3.8, 4) is 5.75 Å². The van der Waals surface area contributed by atoms with Crippen LogP contribution in [0.5, 0.6) is 5.75 Å². The van der Waals surface area contributed by atoms with E-state index in [1.807, 2.05) is 39.8 Å². The van der Waals surface area contributed by atoms with Crippen molar-refractivity contribution in [3.63, 3.8) is 0 Å². The second-order valence-electron chi connectivity index (χ2n) is 4.81. The van der Waals surface area contributed by atoms with Gasteiger partial charge in [0.2, 0.25) is 0 Å². The Bertz CT molecular complexity index is 406. The van der Waals surface area contributed by atoms with E-state index in [1.165, 1.54) is 0 Å². The first-order valence-corrected chi connectivity index (χ1v) is 6.29. The number of hydrogen-bond acceptors (Lipinski definition) is 3. The number of Topliss-reactive ketones (excluding diaryl/α,β-unsaturated/α-hetero) is 1. The van der Waals surface area contributed by atoms with Gasteiger partial charge < -0.3 is 9.47 Å². The fourth-order valence-corrected chi connectivity index (χ4v) is 1.69. The van der Waals surface area contributed by atoms with Crippen LogP contribution in [-0.2, 0) is 4.74 Å². The van der Waals surface area contributed by atoms with E-state index < -0.39 is 5.60 Å². The van der Waals surface area contributed by atoms with Crippen molar-refractivity contribution in [1.29, 1.82) is 0 Å². The molecular weight excluding hydrogens is 228 g/mol. The zero-order chi connectivity index (χ0) is 13.8. The number of methoxy groups -OCH3 is 1. The molecule has 1 atom stereocenters. The molecule has 0 aliphatic heterocycles. The SMILES string of the molecule is CCC(C)(OC)C(=O)c1cccc(OC(C)C)c1. The van der Waals surface area contributed by atoms with E-state index in [2.05, 4.69) is 0 Å². The van der Waals surface area contributed by atoms with Crippen LogP contribution in [0.4, 0.5) is 0 Å². The lowest BCUT2D eigenvalue weighted by Crippen LogP contribution is -2.36. The van der Waals surface area contributed by atoms with Crippen molar-refractivity contribution >= 4 is 5.78 Å². The maximum atomic E-state index is 12.4. The third-order valence-corrected chi connectivity index (χ3v) is 3.07. The van der Waals surface area contributed by atoms with Crippen molar-refractivity contribution < 1.29 is 14.3 Å². The maximum absolute atomic E-state index is 12.4. The van der Waals surface area contributed by atoms with Gasteiger partial charge in [0, 0.05) is 12.7 Å². The minimum Gasteiger partial charge on any atom is -0.491 e. The molecule has 1 aromatic rings. The number of hydrogen-bond donors (Lipinski definition) is 0. The summed E-state index contributed by atoms with van der Waals surface area (Å²) in [6.07, 6.45) is 0.729. The Balaban J connectivity index is 2.99. The molecule has 3 heteroatoms. The molecule has 0 bridgehead atoms. The number of ketones is 1. The van der Waals surface area contributed by atoms with E-state index in [-0.39, 0.29) is 11.9 Å². The first-order chi connectivity index (χ1) is 8.42. The fourth-order valence-electron chi connectivity index (χ4n) is 1.69. The topological polar surface area (TPSA) is 35.5 Å². The van der Waals surface area contributed by atoms with E-state index in [9.17, 15) is 4.79 Å². The summed E-state index contributed by atoms with van der Waals surface area (Å²) >= 11 is 0. The zero-order valence-electron chi connectivity index (χ0n) is 11.8. The first kappa shape index (κ1) is 14.7. The molecule has 1 rings (SSSR count). The average Bonchev–Trinajstić information content (AvgIpc) is 2.36. The number of carbonyl (C=O) groups excluding carboxylic acids is 1. The normalized spacial score (nSPS) is 14.3. The lowest BCUT2D eigenvalue weighted by Gasteiger charge is -2.25. The second-order valence-corrected chi connectivity index (χ2v) is 4.81. The lowest BCUT2D eigenvalue weighted by atomic mass is 9.92. The number of ether oxygens (including phenoxy) is 2. The number of benzene rings is 1. The summed E-state index contributed by atoms with van der Waals surface area (Å²) in [5, 5.41) is 0. The van der Waals surface area contributed by atoms with Gasteiger partial charge in [0.05, 0.1) is 6.10 Å². The highest BCUT2D eigenvalue weighted by molar-refractivity contribution is 6.02. The third kappa shape index (κ3) is 3.33. The summed E-state index contributed by atoms with van der Waals surface area (Å²) in [6.45, 7) is 7.67. The quantitative estimate of drug-likeness (QED) is 0.725. The predicted octanol–water partition coefficient (Wildman–Crippen LogP) is 3.47. The number of carbonyl (C=O) groups is 1. The molecule has 0 amide bonds. The van der Waals surface area contributed by atoms with Gasteiger partial charge in [-0.05, 0) is 39.3 Å². The predicted molar refractivity (Wildman–Crippen MR) is 72.2 cm³/mol. The van der Waals surface area contributed by atoms with E-state index >= 15 is 0 Å². The molecule has 0 aromatic heterocycles. The Labute approximate surface area is 109 Å². The van der Waals surface area contributed by atoms with Crippen molar-refractivity contribution in [2.24, 2.45) is 0 Å². The molecule has 0 fully saturated rings. The van der Waals surface area contributed by atoms with Gasteiger partial charge in [0.15, 0.2) is 5.78 Å². The van der Waals surface area contributed by atoms with Crippen molar-refractivity contribution in [3.05, 3.63) is 29.8 Å². The highest BCUT2D eigenvalue weighted by atomic mass is 16.5. The molecular formula is C15H22O3. The molecule has 18 heavy (non-hydrogen) atoms. The summed E-state index contributed by atoms with van der Waals surface area (Å²) in [7, 11) is 1.57. The Morgan fingerprint density at radius 1 is 1.39 bits per heavy atom. The highest BCUT2D eigenvalue weighted by Crippen LogP contribution is 2.23. The summed E-state index contributed by atoms with van der Waals surface area (Å²) in [5.41, 5.74) is -0.143. The number of rotatable bonds is 6. The Morgan fingerprint density at radius 3 is 2.56 bits per heavy atom. The van der Waals surface area contributed by atoms with Gasteiger partial charge in [-0.2, -0.15) is 0 Å². The minimum absolute atomic E-state index is 0.0123.